The fourth-order valence-corrected chi connectivity index (χ4v) is 3.18. The SMILES string of the molecule is Cc1ccc(N2CCCN(c3ccc(Br)cc3C#N)CC2)nn1. The Hall–Kier alpha value is -2.13. The summed E-state index contributed by atoms with van der Waals surface area (Å²) in [6, 6.07) is 12.2. The van der Waals surface area contributed by atoms with Crippen LogP contribution in [-0.4, -0.2) is 36.4 Å². The highest BCUT2D eigenvalue weighted by Crippen LogP contribution is 2.25. The molecule has 1 aliphatic rings. The molecule has 0 unspecified atom stereocenters. The Morgan fingerprint density at radius 3 is 2.57 bits per heavy atom. The van der Waals surface area contributed by atoms with Crippen LogP contribution in [0.2, 0.25) is 0 Å². The van der Waals surface area contributed by atoms with Gasteiger partial charge in [-0.25, -0.2) is 0 Å². The molecule has 0 spiro atoms. The van der Waals surface area contributed by atoms with Crippen LogP contribution in [0.5, 0.6) is 0 Å². The fourth-order valence-electron chi connectivity index (χ4n) is 2.82. The summed E-state index contributed by atoms with van der Waals surface area (Å²) in [6.07, 6.45) is 1.02. The number of halogens is 1. The van der Waals surface area contributed by atoms with Crippen molar-refractivity contribution in [3.05, 3.63) is 46.1 Å². The Labute approximate surface area is 144 Å². The van der Waals surface area contributed by atoms with Crippen molar-refractivity contribution < 1.29 is 0 Å². The highest BCUT2D eigenvalue weighted by molar-refractivity contribution is 9.10. The zero-order valence-corrected chi connectivity index (χ0v) is 14.6. The molecule has 1 aromatic heterocycles. The lowest BCUT2D eigenvalue weighted by molar-refractivity contribution is 0.783. The third-order valence-electron chi connectivity index (χ3n) is 4.02. The van der Waals surface area contributed by atoms with E-state index in [1.54, 1.807) is 0 Å². The number of nitrogens with zero attached hydrogens (tertiary/aromatic N) is 5. The van der Waals surface area contributed by atoms with Crippen molar-refractivity contribution in [2.24, 2.45) is 0 Å². The van der Waals surface area contributed by atoms with Crippen molar-refractivity contribution >= 4 is 27.4 Å². The Morgan fingerprint density at radius 1 is 1.04 bits per heavy atom. The van der Waals surface area contributed by atoms with Gasteiger partial charge in [0.05, 0.1) is 16.9 Å². The van der Waals surface area contributed by atoms with E-state index in [1.807, 2.05) is 37.3 Å². The van der Waals surface area contributed by atoms with Crippen molar-refractivity contribution in [1.29, 1.82) is 5.26 Å². The predicted molar refractivity (Wildman–Crippen MR) is 94.7 cm³/mol. The van der Waals surface area contributed by atoms with Gasteiger partial charge in [0.15, 0.2) is 5.82 Å². The molecule has 1 fully saturated rings. The standard InChI is InChI=1S/C17H18BrN5/c1-13-3-6-17(21-20-13)23-8-2-7-22(9-10-23)16-5-4-15(18)11-14(16)12-19/h3-6,11H,2,7-10H2,1H3. The van der Waals surface area contributed by atoms with Crippen LogP contribution >= 0.6 is 15.9 Å². The zero-order valence-electron chi connectivity index (χ0n) is 13.0. The minimum absolute atomic E-state index is 0.711. The van der Waals surface area contributed by atoms with Crippen LogP contribution in [0.25, 0.3) is 0 Å². The molecule has 2 heterocycles. The molecular weight excluding hydrogens is 354 g/mol. The van der Waals surface area contributed by atoms with E-state index < -0.39 is 0 Å². The molecular formula is C17H18BrN5. The lowest BCUT2D eigenvalue weighted by atomic mass is 10.1. The maximum absolute atomic E-state index is 9.37. The molecule has 118 valence electrons. The molecule has 0 aliphatic carbocycles. The normalized spacial score (nSPS) is 15.2. The summed E-state index contributed by atoms with van der Waals surface area (Å²) in [5, 5.41) is 17.8. The number of aryl methyl sites for hydroxylation is 1. The van der Waals surface area contributed by atoms with E-state index in [9.17, 15) is 5.26 Å². The first kappa shape index (κ1) is 15.8. The summed E-state index contributed by atoms with van der Waals surface area (Å²) in [6.45, 7) is 5.57. The van der Waals surface area contributed by atoms with Gasteiger partial charge in [0.1, 0.15) is 6.07 Å². The molecule has 2 aromatic rings. The van der Waals surface area contributed by atoms with E-state index in [2.05, 4.69) is 42.0 Å². The second kappa shape index (κ2) is 6.97. The van der Waals surface area contributed by atoms with Gasteiger partial charge in [0.25, 0.3) is 0 Å². The Morgan fingerprint density at radius 2 is 1.83 bits per heavy atom. The fraction of sp³-hybridized carbons (Fsp3) is 0.353. The molecule has 0 N–H and O–H groups in total. The summed E-state index contributed by atoms with van der Waals surface area (Å²) < 4.78 is 0.934. The highest BCUT2D eigenvalue weighted by Gasteiger charge is 2.18. The zero-order chi connectivity index (χ0) is 16.2. The third-order valence-corrected chi connectivity index (χ3v) is 4.52. The van der Waals surface area contributed by atoms with Crippen molar-refractivity contribution in [3.63, 3.8) is 0 Å². The van der Waals surface area contributed by atoms with Crippen LogP contribution in [0.4, 0.5) is 11.5 Å². The van der Waals surface area contributed by atoms with Crippen LogP contribution in [0.3, 0.4) is 0 Å². The lowest BCUT2D eigenvalue weighted by Gasteiger charge is -2.24. The number of aromatic nitrogens is 2. The summed E-state index contributed by atoms with van der Waals surface area (Å²) in [5.74, 6) is 0.925. The first-order valence-electron chi connectivity index (χ1n) is 7.67. The smallest absolute Gasteiger partial charge is 0.151 e. The minimum Gasteiger partial charge on any atom is -0.369 e. The van der Waals surface area contributed by atoms with Crippen LogP contribution in [0, 0.1) is 18.3 Å². The molecule has 0 amide bonds. The molecule has 1 saturated heterocycles. The van der Waals surface area contributed by atoms with E-state index in [1.165, 1.54) is 0 Å². The Balaban J connectivity index is 1.76. The van der Waals surface area contributed by atoms with E-state index >= 15 is 0 Å². The largest absolute Gasteiger partial charge is 0.369 e. The van der Waals surface area contributed by atoms with E-state index in [0.717, 1.165) is 54.3 Å². The number of benzene rings is 1. The summed E-state index contributed by atoms with van der Waals surface area (Å²) >= 11 is 3.43. The maximum atomic E-state index is 9.37. The van der Waals surface area contributed by atoms with Gasteiger partial charge in [0.2, 0.25) is 0 Å². The number of hydrogen-bond donors (Lipinski definition) is 0. The van der Waals surface area contributed by atoms with Crippen LogP contribution < -0.4 is 9.80 Å². The Kier molecular flexibility index (Phi) is 4.77. The molecule has 1 aromatic carbocycles. The molecule has 5 nitrogen and oxygen atoms in total. The number of hydrogen-bond acceptors (Lipinski definition) is 5. The van der Waals surface area contributed by atoms with Gasteiger partial charge in [-0.15, -0.1) is 5.10 Å². The van der Waals surface area contributed by atoms with E-state index in [4.69, 9.17) is 0 Å². The highest BCUT2D eigenvalue weighted by atomic mass is 79.9. The van der Waals surface area contributed by atoms with E-state index in [-0.39, 0.29) is 0 Å². The van der Waals surface area contributed by atoms with Crippen LogP contribution in [0.1, 0.15) is 17.7 Å². The second-order valence-corrected chi connectivity index (χ2v) is 6.55. The number of anilines is 2. The van der Waals surface area contributed by atoms with Crippen LogP contribution in [0.15, 0.2) is 34.8 Å². The molecule has 0 saturated carbocycles. The number of rotatable bonds is 2. The number of nitriles is 1. The van der Waals surface area contributed by atoms with Gasteiger partial charge >= 0.3 is 0 Å². The summed E-state index contributed by atoms with van der Waals surface area (Å²) in [7, 11) is 0. The van der Waals surface area contributed by atoms with Crippen molar-refractivity contribution in [3.8, 4) is 6.07 Å². The van der Waals surface area contributed by atoms with Crippen molar-refractivity contribution in [2.75, 3.05) is 36.0 Å². The first-order chi connectivity index (χ1) is 11.2. The monoisotopic (exact) mass is 371 g/mol. The molecule has 0 radical (unpaired) electrons. The quantitative estimate of drug-likeness (QED) is 0.811. The van der Waals surface area contributed by atoms with Gasteiger partial charge in [-0.05, 0) is 43.7 Å². The molecule has 0 bridgehead atoms. The van der Waals surface area contributed by atoms with Gasteiger partial charge < -0.3 is 9.80 Å². The predicted octanol–water partition coefficient (Wildman–Crippen LogP) is 3.14. The molecule has 23 heavy (non-hydrogen) atoms. The topological polar surface area (TPSA) is 56.0 Å². The van der Waals surface area contributed by atoms with E-state index in [0.29, 0.717) is 5.56 Å². The molecule has 1 aliphatic heterocycles. The molecule has 3 rings (SSSR count). The van der Waals surface area contributed by atoms with Crippen molar-refractivity contribution in [2.45, 2.75) is 13.3 Å². The lowest BCUT2D eigenvalue weighted by Crippen LogP contribution is -2.31. The third kappa shape index (κ3) is 3.62. The first-order valence-corrected chi connectivity index (χ1v) is 8.46. The average Bonchev–Trinajstić information content (AvgIpc) is 2.81. The molecule has 6 heteroatoms. The maximum Gasteiger partial charge on any atom is 0.151 e. The summed E-state index contributed by atoms with van der Waals surface area (Å²) in [4.78, 5) is 4.55. The minimum atomic E-state index is 0.711. The second-order valence-electron chi connectivity index (χ2n) is 5.63. The average molecular weight is 372 g/mol. The summed E-state index contributed by atoms with van der Waals surface area (Å²) in [5.41, 5.74) is 2.65. The Bertz CT molecular complexity index is 723. The van der Waals surface area contributed by atoms with Gasteiger partial charge in [-0.1, -0.05) is 15.9 Å². The van der Waals surface area contributed by atoms with Gasteiger partial charge in [0, 0.05) is 30.7 Å². The van der Waals surface area contributed by atoms with Gasteiger partial charge in [-0.3, -0.25) is 0 Å². The van der Waals surface area contributed by atoms with Gasteiger partial charge in [-0.2, -0.15) is 10.4 Å². The molecule has 0 atom stereocenters. The van der Waals surface area contributed by atoms with Crippen LogP contribution in [-0.2, 0) is 0 Å². The van der Waals surface area contributed by atoms with Crippen molar-refractivity contribution in [1.82, 2.24) is 10.2 Å².